The number of benzene rings is 10. The van der Waals surface area contributed by atoms with Crippen LogP contribution in [0.15, 0.2) is 224 Å². The Bertz CT molecular complexity index is 3080. The lowest BCUT2D eigenvalue weighted by molar-refractivity contribution is 1.04. The molecule has 278 valence electrons. The van der Waals surface area contributed by atoms with Gasteiger partial charge >= 0.3 is 0 Å². The number of hydrogen-bond acceptors (Lipinski definition) is 1. The predicted molar refractivity (Wildman–Crippen MR) is 254 cm³/mol. The molecule has 0 aliphatic heterocycles. The smallest absolute Gasteiger partial charge is 0.0462 e. The maximum atomic E-state index is 2.38. The van der Waals surface area contributed by atoms with Crippen molar-refractivity contribution in [1.82, 2.24) is 0 Å². The second-order valence-electron chi connectivity index (χ2n) is 15.5. The topological polar surface area (TPSA) is 3.24 Å². The molecule has 0 bridgehead atoms. The second kappa shape index (κ2) is 14.8. The van der Waals surface area contributed by atoms with Crippen LogP contribution >= 0.6 is 0 Å². The van der Waals surface area contributed by atoms with Crippen molar-refractivity contribution >= 4 is 65.7 Å². The van der Waals surface area contributed by atoms with E-state index in [1.807, 2.05) is 0 Å². The highest BCUT2D eigenvalue weighted by molar-refractivity contribution is 6.15. The Balaban J connectivity index is 1.02. The molecule has 0 atom stereocenters. The van der Waals surface area contributed by atoms with E-state index in [0.717, 1.165) is 29.9 Å². The van der Waals surface area contributed by atoms with E-state index in [1.165, 1.54) is 87.6 Å². The van der Waals surface area contributed by atoms with E-state index < -0.39 is 0 Å². The minimum Gasteiger partial charge on any atom is -0.311 e. The van der Waals surface area contributed by atoms with E-state index in [9.17, 15) is 0 Å². The molecule has 1 heteroatoms. The van der Waals surface area contributed by atoms with Gasteiger partial charge in [0.05, 0.1) is 0 Å². The molecule has 0 spiro atoms. The summed E-state index contributed by atoms with van der Waals surface area (Å²) >= 11 is 0. The lowest BCUT2D eigenvalue weighted by Crippen LogP contribution is -2.09. The summed E-state index contributed by atoms with van der Waals surface area (Å²) in [6, 6.07) is 75.7. The molecule has 59 heavy (non-hydrogen) atoms. The highest BCUT2D eigenvalue weighted by Crippen LogP contribution is 2.42. The Kier molecular flexibility index (Phi) is 8.71. The Morgan fingerprint density at radius 1 is 0.305 bits per heavy atom. The summed E-state index contributed by atoms with van der Waals surface area (Å²) in [7, 11) is 0. The molecule has 0 heterocycles. The Morgan fingerprint density at radius 3 is 1.15 bits per heavy atom. The normalized spacial score (nSPS) is 12.6. The van der Waals surface area contributed by atoms with Gasteiger partial charge < -0.3 is 4.90 Å². The summed E-state index contributed by atoms with van der Waals surface area (Å²) in [5.74, 6) is 0. The van der Waals surface area contributed by atoms with Crippen LogP contribution in [-0.2, 0) is 0 Å². The number of fused-ring (bicyclic) bond motifs is 6. The van der Waals surface area contributed by atoms with E-state index in [-0.39, 0.29) is 0 Å². The highest BCUT2D eigenvalue weighted by Gasteiger charge is 2.17. The van der Waals surface area contributed by atoms with Crippen molar-refractivity contribution < 1.29 is 0 Å². The van der Waals surface area contributed by atoms with Crippen LogP contribution < -0.4 is 4.90 Å². The van der Waals surface area contributed by atoms with Crippen LogP contribution in [-0.4, -0.2) is 0 Å². The van der Waals surface area contributed by atoms with Crippen molar-refractivity contribution in [3.05, 3.63) is 230 Å². The number of allylic oxidation sites excluding steroid dienone is 4. The minimum absolute atomic E-state index is 1.08. The Hall–Kier alpha value is -7.48. The number of rotatable bonds is 7. The third-order valence-corrected chi connectivity index (χ3v) is 12.1. The van der Waals surface area contributed by atoms with Crippen LogP contribution in [0.4, 0.5) is 17.1 Å². The molecule has 11 rings (SSSR count). The lowest BCUT2D eigenvalue weighted by Gasteiger charge is -2.26. The molecule has 10 aromatic carbocycles. The van der Waals surface area contributed by atoms with Crippen LogP contribution in [0.25, 0.3) is 82.0 Å². The molecule has 0 aromatic heterocycles. The first-order chi connectivity index (χ1) is 29.3. The van der Waals surface area contributed by atoms with Gasteiger partial charge in [0.2, 0.25) is 0 Å². The summed E-state index contributed by atoms with van der Waals surface area (Å²) in [6.07, 6.45) is 9.11. The fourth-order valence-electron chi connectivity index (χ4n) is 9.20. The minimum atomic E-state index is 1.08. The van der Waals surface area contributed by atoms with Crippen molar-refractivity contribution in [2.24, 2.45) is 0 Å². The molecule has 1 aliphatic carbocycles. The van der Waals surface area contributed by atoms with Gasteiger partial charge in [-0.25, -0.2) is 0 Å². The first kappa shape index (κ1) is 34.7. The average Bonchev–Trinajstić information content (AvgIpc) is 3.32. The van der Waals surface area contributed by atoms with Crippen LogP contribution in [0.3, 0.4) is 0 Å². The molecule has 0 saturated carbocycles. The van der Waals surface area contributed by atoms with Crippen LogP contribution in [0.1, 0.15) is 18.4 Å². The molecular formula is C58H41N. The molecule has 0 radical (unpaired) electrons. The molecule has 1 aliphatic rings. The Labute approximate surface area is 345 Å². The number of nitrogens with zero attached hydrogens (tertiary/aromatic N) is 1. The SMILES string of the molecule is C1=CC(c2ccccc2-c2ccc(N(c3ccc(-c4cc5ccccc5c5ccccc45)cc3)c3ccc(-c4cc5ccccc5c5ccccc45)cc3)cc2)=CCC1. The summed E-state index contributed by atoms with van der Waals surface area (Å²) < 4.78 is 0. The zero-order chi connectivity index (χ0) is 39.1. The van der Waals surface area contributed by atoms with E-state index in [1.54, 1.807) is 0 Å². The van der Waals surface area contributed by atoms with Crippen molar-refractivity contribution in [2.75, 3.05) is 4.90 Å². The summed E-state index contributed by atoms with van der Waals surface area (Å²) in [5, 5.41) is 10.2. The standard InChI is InChI=1S/C58H41N/c1-2-14-40(15-3-1)49-18-8-9-19-50(49)41-26-32-46(33-27-41)59(47-34-28-42(29-35-47)57-38-44-16-4-6-20-51(44)53-22-10-12-24-55(53)57)48-36-30-43(31-37-48)58-39-45-17-5-7-21-52(45)54-23-11-13-25-56(54)58/h2,4-39H,1,3H2. The monoisotopic (exact) mass is 751 g/mol. The molecule has 1 nitrogen and oxygen atoms in total. The third-order valence-electron chi connectivity index (χ3n) is 12.1. The maximum Gasteiger partial charge on any atom is 0.0462 e. The Morgan fingerprint density at radius 2 is 0.695 bits per heavy atom. The van der Waals surface area contributed by atoms with E-state index in [2.05, 4.69) is 229 Å². The van der Waals surface area contributed by atoms with E-state index in [0.29, 0.717) is 0 Å². The van der Waals surface area contributed by atoms with E-state index in [4.69, 9.17) is 0 Å². The van der Waals surface area contributed by atoms with Gasteiger partial charge in [-0.2, -0.15) is 0 Å². The molecule has 0 saturated heterocycles. The zero-order valence-corrected chi connectivity index (χ0v) is 32.7. The van der Waals surface area contributed by atoms with Crippen LogP contribution in [0, 0.1) is 0 Å². The van der Waals surface area contributed by atoms with Crippen molar-refractivity contribution in [3.63, 3.8) is 0 Å². The molecule has 0 amide bonds. The molecule has 10 aromatic rings. The fraction of sp³-hybridized carbons (Fsp3) is 0.0345. The number of hydrogen-bond donors (Lipinski definition) is 0. The first-order valence-corrected chi connectivity index (χ1v) is 20.7. The zero-order valence-electron chi connectivity index (χ0n) is 32.7. The van der Waals surface area contributed by atoms with Gasteiger partial charge in [-0.3, -0.25) is 0 Å². The average molecular weight is 752 g/mol. The molecular weight excluding hydrogens is 711 g/mol. The van der Waals surface area contributed by atoms with Gasteiger partial charge in [0.25, 0.3) is 0 Å². The largest absolute Gasteiger partial charge is 0.311 e. The van der Waals surface area contributed by atoms with Crippen molar-refractivity contribution in [2.45, 2.75) is 12.8 Å². The molecule has 0 N–H and O–H groups in total. The molecule has 0 fully saturated rings. The number of anilines is 3. The van der Waals surface area contributed by atoms with Crippen molar-refractivity contribution in [3.8, 4) is 33.4 Å². The van der Waals surface area contributed by atoms with Gasteiger partial charge in [-0.15, -0.1) is 0 Å². The second-order valence-corrected chi connectivity index (χ2v) is 15.5. The van der Waals surface area contributed by atoms with Gasteiger partial charge in [-0.1, -0.05) is 176 Å². The van der Waals surface area contributed by atoms with Crippen LogP contribution in [0.2, 0.25) is 0 Å². The maximum absolute atomic E-state index is 2.38. The molecule has 0 unspecified atom stereocenters. The summed E-state index contributed by atoms with van der Waals surface area (Å²) in [4.78, 5) is 2.38. The first-order valence-electron chi connectivity index (χ1n) is 20.7. The van der Waals surface area contributed by atoms with Crippen LogP contribution in [0.5, 0.6) is 0 Å². The predicted octanol–water partition coefficient (Wildman–Crippen LogP) is 16.5. The summed E-state index contributed by atoms with van der Waals surface area (Å²) in [5.41, 5.74) is 13.3. The highest BCUT2D eigenvalue weighted by atomic mass is 15.1. The van der Waals surface area contributed by atoms with Gasteiger partial charge in [-0.05, 0) is 149 Å². The van der Waals surface area contributed by atoms with Gasteiger partial charge in [0.1, 0.15) is 0 Å². The van der Waals surface area contributed by atoms with Crippen molar-refractivity contribution in [1.29, 1.82) is 0 Å². The van der Waals surface area contributed by atoms with Gasteiger partial charge in [0, 0.05) is 17.1 Å². The third kappa shape index (κ3) is 6.29. The quantitative estimate of drug-likeness (QED) is 0.147. The lowest BCUT2D eigenvalue weighted by atomic mass is 9.91. The summed E-state index contributed by atoms with van der Waals surface area (Å²) in [6.45, 7) is 0. The fourth-order valence-corrected chi connectivity index (χ4v) is 9.20. The van der Waals surface area contributed by atoms with Gasteiger partial charge in [0.15, 0.2) is 0 Å². The van der Waals surface area contributed by atoms with E-state index >= 15 is 0 Å².